The number of nitrogens with zero attached hydrogens (tertiary/aromatic N) is 1. The highest BCUT2D eigenvalue weighted by atomic mass is 32.1. The van der Waals surface area contributed by atoms with Gasteiger partial charge in [0, 0.05) is 10.3 Å². The smallest absolute Gasteiger partial charge is 0.266 e. The van der Waals surface area contributed by atoms with Crippen LogP contribution in [0.5, 0.6) is 0 Å². The molecule has 2 amide bonds. The third-order valence-corrected chi connectivity index (χ3v) is 4.98. The van der Waals surface area contributed by atoms with Crippen LogP contribution in [0.4, 0.5) is 0 Å². The third kappa shape index (κ3) is 3.85. The van der Waals surface area contributed by atoms with Gasteiger partial charge in [-0.25, -0.2) is 4.98 Å². The number of thiophene rings is 1. The Kier molecular flexibility index (Phi) is 5.09. The molecule has 3 aromatic rings. The van der Waals surface area contributed by atoms with Gasteiger partial charge in [-0.05, 0) is 37.1 Å². The molecule has 0 aliphatic rings. The van der Waals surface area contributed by atoms with Gasteiger partial charge < -0.3 is 0 Å². The lowest BCUT2D eigenvalue weighted by atomic mass is 10.1. The first kappa shape index (κ1) is 17.1. The minimum Gasteiger partial charge on any atom is -0.266 e. The minimum atomic E-state index is -0.443. The Balaban J connectivity index is 1.66. The molecule has 2 heterocycles. The molecule has 0 spiro atoms. The number of aromatic nitrogens is 1. The highest BCUT2D eigenvalue weighted by Crippen LogP contribution is 2.22. The summed E-state index contributed by atoms with van der Waals surface area (Å²) in [4.78, 5) is 30.5. The number of para-hydroxylation sites is 1. The average molecular weight is 353 g/mol. The van der Waals surface area contributed by atoms with Crippen LogP contribution in [-0.4, -0.2) is 16.8 Å². The zero-order valence-electron chi connectivity index (χ0n) is 14.1. The maximum absolute atomic E-state index is 12.2. The average Bonchev–Trinajstić information content (AvgIpc) is 3.00. The van der Waals surface area contributed by atoms with Crippen LogP contribution in [0.15, 0.2) is 42.5 Å². The Morgan fingerprint density at radius 3 is 2.64 bits per heavy atom. The quantitative estimate of drug-likeness (QED) is 0.704. The van der Waals surface area contributed by atoms with E-state index in [2.05, 4.69) is 22.8 Å². The number of carbonyl (C=O) groups excluding carboxylic acids is 2. The number of hydrogen-bond donors (Lipinski definition) is 2. The minimum absolute atomic E-state index is 0.257. The van der Waals surface area contributed by atoms with E-state index in [-0.39, 0.29) is 11.6 Å². The first-order valence-electron chi connectivity index (χ1n) is 8.14. The van der Waals surface area contributed by atoms with E-state index < -0.39 is 5.91 Å². The van der Waals surface area contributed by atoms with Crippen molar-refractivity contribution >= 4 is 34.1 Å². The number of carbonyl (C=O) groups is 2. The molecule has 0 aliphatic carbocycles. The SMILES string of the molecule is CCCc1cc(C(=O)NNC(=O)c2ccc3ccccc3n2)sc1C. The molecule has 3 rings (SSSR count). The summed E-state index contributed by atoms with van der Waals surface area (Å²) in [7, 11) is 0. The van der Waals surface area contributed by atoms with Gasteiger partial charge in [0.25, 0.3) is 11.8 Å². The largest absolute Gasteiger partial charge is 0.288 e. The maximum Gasteiger partial charge on any atom is 0.288 e. The van der Waals surface area contributed by atoms with Gasteiger partial charge in [-0.3, -0.25) is 20.4 Å². The normalized spacial score (nSPS) is 10.6. The number of hydrazine groups is 1. The summed E-state index contributed by atoms with van der Waals surface area (Å²) in [6, 6.07) is 12.9. The van der Waals surface area contributed by atoms with Crippen LogP contribution < -0.4 is 10.9 Å². The molecule has 25 heavy (non-hydrogen) atoms. The summed E-state index contributed by atoms with van der Waals surface area (Å²) in [6.07, 6.45) is 1.98. The Bertz CT molecular complexity index is 933. The molecule has 6 heteroatoms. The summed E-state index contributed by atoms with van der Waals surface area (Å²) in [5, 5.41) is 0.959. The van der Waals surface area contributed by atoms with Crippen LogP contribution in [-0.2, 0) is 6.42 Å². The van der Waals surface area contributed by atoms with E-state index in [4.69, 9.17) is 0 Å². The van der Waals surface area contributed by atoms with Crippen molar-refractivity contribution in [3.8, 4) is 0 Å². The Morgan fingerprint density at radius 2 is 1.84 bits per heavy atom. The third-order valence-electron chi connectivity index (χ3n) is 3.88. The van der Waals surface area contributed by atoms with Crippen molar-refractivity contribution in [3.05, 3.63) is 63.5 Å². The standard InChI is InChI=1S/C19H19N3O2S/c1-3-6-14-11-17(25-12(14)2)19(24)22-21-18(23)16-10-9-13-7-4-5-8-15(13)20-16/h4-5,7-11H,3,6H2,1-2H3,(H,21,23)(H,22,24). The fourth-order valence-corrected chi connectivity index (χ4v) is 3.55. The van der Waals surface area contributed by atoms with E-state index >= 15 is 0 Å². The van der Waals surface area contributed by atoms with Gasteiger partial charge in [0.05, 0.1) is 10.4 Å². The van der Waals surface area contributed by atoms with Crippen molar-refractivity contribution in [1.82, 2.24) is 15.8 Å². The van der Waals surface area contributed by atoms with Gasteiger partial charge in [-0.1, -0.05) is 37.6 Å². The molecule has 0 aliphatic heterocycles. The zero-order chi connectivity index (χ0) is 17.8. The van der Waals surface area contributed by atoms with Crippen LogP contribution in [0, 0.1) is 6.92 Å². The molecule has 0 radical (unpaired) electrons. The van der Waals surface area contributed by atoms with E-state index in [1.165, 1.54) is 16.9 Å². The molecule has 2 N–H and O–H groups in total. The number of hydrogen-bond acceptors (Lipinski definition) is 4. The number of benzene rings is 1. The highest BCUT2D eigenvalue weighted by molar-refractivity contribution is 7.14. The molecule has 1 aromatic carbocycles. The molecule has 2 aromatic heterocycles. The van der Waals surface area contributed by atoms with E-state index in [1.54, 1.807) is 6.07 Å². The van der Waals surface area contributed by atoms with Crippen LogP contribution >= 0.6 is 11.3 Å². The predicted molar refractivity (Wildman–Crippen MR) is 99.7 cm³/mol. The Hall–Kier alpha value is -2.73. The first-order chi connectivity index (χ1) is 12.1. The van der Waals surface area contributed by atoms with E-state index in [0.717, 1.165) is 28.6 Å². The molecule has 5 nitrogen and oxygen atoms in total. The van der Waals surface area contributed by atoms with Gasteiger partial charge in [-0.15, -0.1) is 11.3 Å². The molecule has 0 fully saturated rings. The zero-order valence-corrected chi connectivity index (χ0v) is 14.9. The number of nitrogens with one attached hydrogen (secondary N) is 2. The summed E-state index contributed by atoms with van der Waals surface area (Å²) in [5.74, 6) is -0.759. The topological polar surface area (TPSA) is 71.1 Å². The van der Waals surface area contributed by atoms with Crippen LogP contribution in [0.3, 0.4) is 0 Å². The maximum atomic E-state index is 12.2. The summed E-state index contributed by atoms with van der Waals surface area (Å²) in [6.45, 7) is 4.11. The van der Waals surface area contributed by atoms with Crippen molar-refractivity contribution in [2.75, 3.05) is 0 Å². The lowest BCUT2D eigenvalue weighted by molar-refractivity contribution is 0.0846. The van der Waals surface area contributed by atoms with Crippen LogP contribution in [0.25, 0.3) is 10.9 Å². The monoisotopic (exact) mass is 353 g/mol. The second kappa shape index (κ2) is 7.44. The molecular formula is C19H19N3O2S. The van der Waals surface area contributed by atoms with Crippen molar-refractivity contribution < 1.29 is 9.59 Å². The molecular weight excluding hydrogens is 334 g/mol. The lowest BCUT2D eigenvalue weighted by Crippen LogP contribution is -2.41. The summed E-state index contributed by atoms with van der Waals surface area (Å²) < 4.78 is 0. The number of rotatable bonds is 4. The van der Waals surface area contributed by atoms with Crippen molar-refractivity contribution in [2.45, 2.75) is 26.7 Å². The number of aryl methyl sites for hydroxylation is 2. The van der Waals surface area contributed by atoms with E-state index in [9.17, 15) is 9.59 Å². The predicted octanol–water partition coefficient (Wildman–Crippen LogP) is 3.63. The highest BCUT2D eigenvalue weighted by Gasteiger charge is 2.14. The van der Waals surface area contributed by atoms with Crippen molar-refractivity contribution in [3.63, 3.8) is 0 Å². The fourth-order valence-electron chi connectivity index (χ4n) is 2.58. The number of amides is 2. The molecule has 0 atom stereocenters. The summed E-state index contributed by atoms with van der Waals surface area (Å²) in [5.41, 5.74) is 7.06. The van der Waals surface area contributed by atoms with Gasteiger partial charge in [0.1, 0.15) is 5.69 Å². The molecule has 0 unspecified atom stereocenters. The first-order valence-corrected chi connectivity index (χ1v) is 8.96. The van der Waals surface area contributed by atoms with Gasteiger partial charge in [0.15, 0.2) is 0 Å². The lowest BCUT2D eigenvalue weighted by Gasteiger charge is -2.06. The van der Waals surface area contributed by atoms with E-state index in [1.807, 2.05) is 43.3 Å². The van der Waals surface area contributed by atoms with Gasteiger partial charge in [0.2, 0.25) is 0 Å². The molecule has 0 bridgehead atoms. The van der Waals surface area contributed by atoms with Gasteiger partial charge in [-0.2, -0.15) is 0 Å². The van der Waals surface area contributed by atoms with Crippen molar-refractivity contribution in [2.24, 2.45) is 0 Å². The molecule has 0 saturated carbocycles. The molecule has 128 valence electrons. The second-order valence-corrected chi connectivity index (χ2v) is 7.00. The van der Waals surface area contributed by atoms with Gasteiger partial charge >= 0.3 is 0 Å². The summed E-state index contributed by atoms with van der Waals surface area (Å²) >= 11 is 1.43. The fraction of sp³-hybridized carbons (Fsp3) is 0.211. The Labute approximate surface area is 150 Å². The Morgan fingerprint density at radius 1 is 1.08 bits per heavy atom. The van der Waals surface area contributed by atoms with Crippen molar-refractivity contribution in [1.29, 1.82) is 0 Å². The van der Waals surface area contributed by atoms with Crippen LogP contribution in [0.1, 0.15) is 43.9 Å². The molecule has 0 saturated heterocycles. The van der Waals surface area contributed by atoms with E-state index in [0.29, 0.717) is 4.88 Å². The number of pyridine rings is 1. The second-order valence-electron chi connectivity index (χ2n) is 5.74. The number of fused-ring (bicyclic) bond motifs is 1. The van der Waals surface area contributed by atoms with Crippen LogP contribution in [0.2, 0.25) is 0 Å².